The minimum Gasteiger partial charge on any atom is -0.481 e. The fraction of sp³-hybridized carbons (Fsp3) is 0.826. The van der Waals surface area contributed by atoms with E-state index in [1.54, 1.807) is 0 Å². The lowest BCUT2D eigenvalue weighted by Gasteiger charge is -2.60. The second-order valence-electron chi connectivity index (χ2n) is 9.97. The van der Waals surface area contributed by atoms with Gasteiger partial charge in [0.1, 0.15) is 6.10 Å². The van der Waals surface area contributed by atoms with Crippen molar-refractivity contribution in [3.8, 4) is 0 Å². The van der Waals surface area contributed by atoms with Crippen LogP contribution in [0.25, 0.3) is 0 Å². The molecule has 4 fully saturated rings. The number of hydrogen-bond acceptors (Lipinski definition) is 3. The summed E-state index contributed by atoms with van der Waals surface area (Å²) >= 11 is 0. The molecule has 0 aromatic carbocycles. The van der Waals surface area contributed by atoms with Crippen LogP contribution in [0.1, 0.15) is 71.6 Å². The number of carbonyl (C=O) groups is 2. The Hall–Kier alpha value is -1.32. The first-order chi connectivity index (χ1) is 12.8. The van der Waals surface area contributed by atoms with Crippen LogP contribution in [0.3, 0.4) is 0 Å². The Morgan fingerprint density at radius 3 is 2.52 bits per heavy atom. The lowest BCUT2D eigenvalue weighted by molar-refractivity contribution is -0.186. The Labute approximate surface area is 162 Å². The minimum absolute atomic E-state index is 0.0954. The fourth-order valence-electron chi connectivity index (χ4n) is 8.05. The van der Waals surface area contributed by atoms with Crippen LogP contribution in [0.4, 0.5) is 0 Å². The van der Waals surface area contributed by atoms with Crippen LogP contribution in [-0.4, -0.2) is 23.1 Å². The van der Waals surface area contributed by atoms with E-state index < -0.39 is 11.4 Å². The van der Waals surface area contributed by atoms with Gasteiger partial charge in [0.2, 0.25) is 0 Å². The maximum atomic E-state index is 12.7. The lowest BCUT2D eigenvalue weighted by atomic mass is 9.44. The average Bonchev–Trinajstić information content (AvgIpc) is 2.97. The third-order valence-electron chi connectivity index (χ3n) is 9.19. The van der Waals surface area contributed by atoms with Crippen molar-refractivity contribution in [2.75, 3.05) is 0 Å². The number of aliphatic carboxylic acids is 1. The van der Waals surface area contributed by atoms with E-state index in [9.17, 15) is 14.7 Å². The molecule has 1 N–H and O–H groups in total. The molecule has 150 valence electrons. The van der Waals surface area contributed by atoms with Gasteiger partial charge in [-0.15, -0.1) is 6.58 Å². The van der Waals surface area contributed by atoms with Crippen molar-refractivity contribution < 1.29 is 19.4 Å². The quantitative estimate of drug-likeness (QED) is 0.568. The predicted molar refractivity (Wildman–Crippen MR) is 103 cm³/mol. The molecular weight excluding hydrogens is 340 g/mol. The number of fused-ring (bicyclic) bond motifs is 5. The Bertz CT molecular complexity index is 642. The standard InChI is InChI=1S/C23H34O4/c1-4-15-6-8-19-18-7-5-16-13-17(27-14(2)24)9-12-23(16,21(25)26)20(18)10-11-22(15,19)3/h4,15-20H,1,5-13H2,2-3H3,(H,25,26)/t15-,16-,17-,18-,19-,20-,22+,23+/m0/s1. The van der Waals surface area contributed by atoms with E-state index in [2.05, 4.69) is 19.6 Å². The van der Waals surface area contributed by atoms with E-state index in [0.717, 1.165) is 32.1 Å². The highest BCUT2D eigenvalue weighted by Crippen LogP contribution is 2.67. The summed E-state index contributed by atoms with van der Waals surface area (Å²) in [6, 6.07) is 0. The highest BCUT2D eigenvalue weighted by atomic mass is 16.5. The molecule has 0 amide bonds. The normalized spacial score (nSPS) is 48.7. The summed E-state index contributed by atoms with van der Waals surface area (Å²) in [5, 5.41) is 10.4. The second kappa shape index (κ2) is 6.63. The molecule has 0 spiro atoms. The SMILES string of the molecule is C=C[C@H]1CC[C@H]2[C@@H]3CC[C@H]4C[C@@H](OC(C)=O)CC[C@]4(C(=O)O)[C@H]3CC[C@]12C. The van der Waals surface area contributed by atoms with Crippen LogP contribution in [0.5, 0.6) is 0 Å². The summed E-state index contributed by atoms with van der Waals surface area (Å²) in [4.78, 5) is 24.0. The molecule has 0 aromatic heterocycles. The fourth-order valence-corrected chi connectivity index (χ4v) is 8.05. The molecule has 8 atom stereocenters. The number of allylic oxidation sites excluding steroid dienone is 1. The van der Waals surface area contributed by atoms with E-state index in [4.69, 9.17) is 4.74 Å². The Balaban J connectivity index is 1.62. The van der Waals surface area contributed by atoms with Crippen LogP contribution in [-0.2, 0) is 14.3 Å². The van der Waals surface area contributed by atoms with Crippen molar-refractivity contribution in [1.29, 1.82) is 0 Å². The van der Waals surface area contributed by atoms with E-state index in [0.29, 0.717) is 36.0 Å². The molecule has 0 bridgehead atoms. The van der Waals surface area contributed by atoms with E-state index in [1.165, 1.54) is 19.8 Å². The largest absolute Gasteiger partial charge is 0.481 e. The van der Waals surface area contributed by atoms with Crippen LogP contribution in [0.15, 0.2) is 12.7 Å². The Kier molecular flexibility index (Phi) is 4.67. The van der Waals surface area contributed by atoms with Gasteiger partial charge in [-0.3, -0.25) is 9.59 Å². The summed E-state index contributed by atoms with van der Waals surface area (Å²) in [6.07, 6.45) is 10.9. The number of esters is 1. The molecule has 0 heterocycles. The molecule has 0 radical (unpaired) electrons. The number of hydrogen-bond donors (Lipinski definition) is 1. The van der Waals surface area contributed by atoms with Crippen LogP contribution < -0.4 is 0 Å². The van der Waals surface area contributed by atoms with Gasteiger partial charge in [-0.2, -0.15) is 0 Å². The first-order valence-corrected chi connectivity index (χ1v) is 10.9. The molecule has 27 heavy (non-hydrogen) atoms. The molecular formula is C23H34O4. The molecule has 4 heteroatoms. The zero-order chi connectivity index (χ0) is 19.4. The van der Waals surface area contributed by atoms with Gasteiger partial charge in [-0.1, -0.05) is 13.0 Å². The number of rotatable bonds is 3. The maximum Gasteiger partial charge on any atom is 0.310 e. The maximum absolute atomic E-state index is 12.7. The van der Waals surface area contributed by atoms with Gasteiger partial charge in [0.05, 0.1) is 5.41 Å². The van der Waals surface area contributed by atoms with Crippen LogP contribution in [0.2, 0.25) is 0 Å². The Morgan fingerprint density at radius 1 is 1.07 bits per heavy atom. The summed E-state index contributed by atoms with van der Waals surface area (Å²) in [7, 11) is 0. The van der Waals surface area contributed by atoms with Gasteiger partial charge >= 0.3 is 11.9 Å². The molecule has 0 unspecified atom stereocenters. The number of ether oxygens (including phenoxy) is 1. The van der Waals surface area contributed by atoms with Gasteiger partial charge in [0.15, 0.2) is 0 Å². The van der Waals surface area contributed by atoms with Crippen molar-refractivity contribution in [2.24, 2.45) is 40.4 Å². The molecule has 4 aliphatic carbocycles. The van der Waals surface area contributed by atoms with Crippen molar-refractivity contribution >= 4 is 11.9 Å². The van der Waals surface area contributed by atoms with Crippen molar-refractivity contribution in [3.63, 3.8) is 0 Å². The molecule has 0 aliphatic heterocycles. The van der Waals surface area contributed by atoms with Gasteiger partial charge < -0.3 is 9.84 Å². The summed E-state index contributed by atoms with van der Waals surface area (Å²) in [5.41, 5.74) is -0.294. The molecule has 0 saturated heterocycles. The first kappa shape index (κ1) is 19.0. The van der Waals surface area contributed by atoms with Crippen LogP contribution >= 0.6 is 0 Å². The van der Waals surface area contributed by atoms with Crippen molar-refractivity contribution in [3.05, 3.63) is 12.7 Å². The highest BCUT2D eigenvalue weighted by Gasteiger charge is 2.64. The topological polar surface area (TPSA) is 63.6 Å². The summed E-state index contributed by atoms with van der Waals surface area (Å²) < 4.78 is 5.47. The summed E-state index contributed by atoms with van der Waals surface area (Å²) in [6.45, 7) is 7.97. The summed E-state index contributed by atoms with van der Waals surface area (Å²) in [5.74, 6) is 1.36. The zero-order valence-corrected chi connectivity index (χ0v) is 16.8. The first-order valence-electron chi connectivity index (χ1n) is 10.9. The second-order valence-corrected chi connectivity index (χ2v) is 9.97. The minimum atomic E-state index is -0.604. The van der Waals surface area contributed by atoms with E-state index in [-0.39, 0.29) is 23.9 Å². The number of carbonyl (C=O) groups excluding carboxylic acids is 1. The number of carboxylic acid groups (broad SMARTS) is 1. The van der Waals surface area contributed by atoms with E-state index >= 15 is 0 Å². The van der Waals surface area contributed by atoms with Crippen LogP contribution in [0, 0.1) is 40.4 Å². The molecule has 0 aromatic rings. The Morgan fingerprint density at radius 2 is 1.85 bits per heavy atom. The van der Waals surface area contributed by atoms with Gasteiger partial charge in [0.25, 0.3) is 0 Å². The number of carboxylic acids is 1. The molecule has 4 aliphatic rings. The molecule has 4 nitrogen and oxygen atoms in total. The molecule has 4 saturated carbocycles. The van der Waals surface area contributed by atoms with Gasteiger partial charge in [-0.25, -0.2) is 0 Å². The van der Waals surface area contributed by atoms with Gasteiger partial charge in [0, 0.05) is 6.92 Å². The monoisotopic (exact) mass is 374 g/mol. The van der Waals surface area contributed by atoms with Crippen molar-refractivity contribution in [1.82, 2.24) is 0 Å². The third kappa shape index (κ3) is 2.69. The lowest BCUT2D eigenvalue weighted by Crippen LogP contribution is -2.58. The van der Waals surface area contributed by atoms with E-state index in [1.807, 2.05) is 0 Å². The average molecular weight is 375 g/mol. The van der Waals surface area contributed by atoms with Crippen molar-refractivity contribution in [2.45, 2.75) is 77.7 Å². The third-order valence-corrected chi connectivity index (χ3v) is 9.19. The molecule has 4 rings (SSSR count). The predicted octanol–water partition coefficient (Wildman–Crippen LogP) is 4.83. The zero-order valence-electron chi connectivity index (χ0n) is 16.8. The highest BCUT2D eigenvalue weighted by molar-refractivity contribution is 5.76. The van der Waals surface area contributed by atoms with Gasteiger partial charge in [-0.05, 0) is 92.8 Å². The smallest absolute Gasteiger partial charge is 0.310 e.